The van der Waals surface area contributed by atoms with Gasteiger partial charge in [0.15, 0.2) is 0 Å². The third kappa shape index (κ3) is 4.77. The maximum Gasteiger partial charge on any atom is 0.123 e. The van der Waals surface area contributed by atoms with Crippen LogP contribution < -0.4 is 9.47 Å². The molecule has 0 bridgehead atoms. The van der Waals surface area contributed by atoms with Gasteiger partial charge in [0.1, 0.15) is 30.3 Å². The van der Waals surface area contributed by atoms with Crippen LogP contribution in [0.1, 0.15) is 31.9 Å². The van der Waals surface area contributed by atoms with E-state index >= 15 is 0 Å². The molecular formula is C22H29NO3. The second-order valence-corrected chi connectivity index (χ2v) is 7.68. The van der Waals surface area contributed by atoms with Crippen molar-refractivity contribution < 1.29 is 14.6 Å². The van der Waals surface area contributed by atoms with Gasteiger partial charge >= 0.3 is 0 Å². The van der Waals surface area contributed by atoms with Gasteiger partial charge in [-0.3, -0.25) is 4.90 Å². The van der Waals surface area contributed by atoms with E-state index in [-0.39, 0.29) is 6.61 Å². The van der Waals surface area contributed by atoms with Gasteiger partial charge in [-0.15, -0.1) is 0 Å². The van der Waals surface area contributed by atoms with Crippen molar-refractivity contribution in [2.75, 3.05) is 26.3 Å². The van der Waals surface area contributed by atoms with E-state index in [4.69, 9.17) is 9.47 Å². The van der Waals surface area contributed by atoms with E-state index < -0.39 is 5.60 Å². The second-order valence-electron chi connectivity index (χ2n) is 7.68. The molecule has 26 heavy (non-hydrogen) atoms. The van der Waals surface area contributed by atoms with Gasteiger partial charge in [-0.2, -0.15) is 0 Å². The maximum absolute atomic E-state index is 11.0. The Bertz CT molecular complexity index is 713. The Balaban J connectivity index is 1.75. The number of aliphatic hydroxyl groups is 1. The van der Waals surface area contributed by atoms with Crippen molar-refractivity contribution in [2.24, 2.45) is 5.92 Å². The third-order valence-electron chi connectivity index (χ3n) is 4.63. The van der Waals surface area contributed by atoms with E-state index in [0.717, 1.165) is 42.3 Å². The standard InChI is InChI=1S/C22H29NO3/c1-17(2)14-23-11-12-25-21-10-9-19(13-18(21)15-23)22(3,24)16-26-20-7-5-4-6-8-20/h4-10,13,17,24H,11-12,14-16H2,1-3H3/t22-/m0/s1. The van der Waals surface area contributed by atoms with Crippen molar-refractivity contribution in [1.29, 1.82) is 0 Å². The van der Waals surface area contributed by atoms with Gasteiger partial charge in [0.2, 0.25) is 0 Å². The summed E-state index contributed by atoms with van der Waals surface area (Å²) in [6, 6.07) is 15.5. The Morgan fingerprint density at radius 2 is 1.96 bits per heavy atom. The molecule has 4 nitrogen and oxygen atoms in total. The van der Waals surface area contributed by atoms with Crippen LogP contribution in [0.2, 0.25) is 0 Å². The third-order valence-corrected chi connectivity index (χ3v) is 4.63. The molecule has 1 N–H and O–H groups in total. The highest BCUT2D eigenvalue weighted by Gasteiger charge is 2.26. The summed E-state index contributed by atoms with van der Waals surface area (Å²) in [5.41, 5.74) is 0.905. The minimum atomic E-state index is -1.07. The predicted molar refractivity (Wildman–Crippen MR) is 104 cm³/mol. The summed E-state index contributed by atoms with van der Waals surface area (Å²) in [5, 5.41) is 11.0. The molecule has 1 aliphatic heterocycles. The highest BCUT2D eigenvalue weighted by molar-refractivity contribution is 5.40. The summed E-state index contributed by atoms with van der Waals surface area (Å²) in [6.45, 7) is 9.97. The molecule has 2 aromatic rings. The lowest BCUT2D eigenvalue weighted by molar-refractivity contribution is 0.00748. The fraction of sp³-hybridized carbons (Fsp3) is 0.455. The van der Waals surface area contributed by atoms with Gasteiger partial charge in [0.05, 0.1) is 0 Å². The molecule has 0 spiro atoms. The molecule has 4 heteroatoms. The average molecular weight is 355 g/mol. The SMILES string of the molecule is CC(C)CN1CCOc2ccc([C@@](C)(O)COc3ccccc3)cc2C1. The van der Waals surface area contributed by atoms with E-state index in [2.05, 4.69) is 24.8 Å². The molecule has 1 aliphatic rings. The summed E-state index contributed by atoms with van der Waals surface area (Å²) in [5.74, 6) is 2.29. The molecule has 0 fully saturated rings. The fourth-order valence-electron chi connectivity index (χ4n) is 3.28. The molecule has 3 rings (SSSR count). The van der Waals surface area contributed by atoms with E-state index in [1.807, 2.05) is 42.5 Å². The van der Waals surface area contributed by atoms with Crippen LogP contribution in [0.25, 0.3) is 0 Å². The molecule has 0 aromatic heterocycles. The molecule has 0 saturated heterocycles. The first-order valence-corrected chi connectivity index (χ1v) is 9.33. The first-order valence-electron chi connectivity index (χ1n) is 9.33. The minimum Gasteiger partial charge on any atom is -0.492 e. The molecule has 0 amide bonds. The van der Waals surface area contributed by atoms with E-state index in [0.29, 0.717) is 12.5 Å². The summed E-state index contributed by atoms with van der Waals surface area (Å²) in [6.07, 6.45) is 0. The molecule has 0 aliphatic carbocycles. The summed E-state index contributed by atoms with van der Waals surface area (Å²) >= 11 is 0. The number of hydrogen-bond donors (Lipinski definition) is 1. The zero-order valence-electron chi connectivity index (χ0n) is 15.9. The zero-order chi connectivity index (χ0) is 18.6. The van der Waals surface area contributed by atoms with Crippen LogP contribution in [0, 0.1) is 5.92 Å². The Hall–Kier alpha value is -2.04. The lowest BCUT2D eigenvalue weighted by Crippen LogP contribution is -2.30. The largest absolute Gasteiger partial charge is 0.492 e. The van der Waals surface area contributed by atoms with Crippen LogP contribution >= 0.6 is 0 Å². The fourth-order valence-corrected chi connectivity index (χ4v) is 3.28. The number of nitrogens with zero attached hydrogens (tertiary/aromatic N) is 1. The van der Waals surface area contributed by atoms with Crippen LogP contribution in [0.5, 0.6) is 11.5 Å². The average Bonchev–Trinajstić information content (AvgIpc) is 2.81. The molecule has 0 unspecified atom stereocenters. The van der Waals surface area contributed by atoms with Gasteiger partial charge in [-0.05, 0) is 42.7 Å². The Labute approximate surface area is 156 Å². The molecule has 0 radical (unpaired) electrons. The van der Waals surface area contributed by atoms with Crippen molar-refractivity contribution in [3.8, 4) is 11.5 Å². The van der Waals surface area contributed by atoms with Gasteiger partial charge < -0.3 is 14.6 Å². The number of rotatable bonds is 6. The quantitative estimate of drug-likeness (QED) is 0.855. The van der Waals surface area contributed by atoms with Gasteiger partial charge in [-0.25, -0.2) is 0 Å². The number of fused-ring (bicyclic) bond motifs is 1. The zero-order valence-corrected chi connectivity index (χ0v) is 15.9. The first-order chi connectivity index (χ1) is 12.4. The molecule has 1 heterocycles. The normalized spacial score (nSPS) is 17.1. The second kappa shape index (κ2) is 8.11. The Kier molecular flexibility index (Phi) is 5.84. The van der Waals surface area contributed by atoms with E-state index in [1.165, 1.54) is 0 Å². The molecule has 0 saturated carbocycles. The number of hydrogen-bond acceptors (Lipinski definition) is 4. The number of para-hydroxylation sites is 1. The van der Waals surface area contributed by atoms with Crippen LogP contribution in [-0.4, -0.2) is 36.3 Å². The van der Waals surface area contributed by atoms with Crippen LogP contribution in [0.15, 0.2) is 48.5 Å². The summed E-state index contributed by atoms with van der Waals surface area (Å²) in [4.78, 5) is 2.41. The van der Waals surface area contributed by atoms with Crippen molar-refractivity contribution >= 4 is 0 Å². The lowest BCUT2D eigenvalue weighted by Gasteiger charge is -2.26. The van der Waals surface area contributed by atoms with Crippen molar-refractivity contribution in [2.45, 2.75) is 32.9 Å². The first kappa shape index (κ1) is 18.7. The van der Waals surface area contributed by atoms with Crippen LogP contribution in [-0.2, 0) is 12.1 Å². The van der Waals surface area contributed by atoms with Crippen molar-refractivity contribution in [3.63, 3.8) is 0 Å². The predicted octanol–water partition coefficient (Wildman–Crippen LogP) is 3.82. The number of benzene rings is 2. The smallest absolute Gasteiger partial charge is 0.123 e. The topological polar surface area (TPSA) is 41.9 Å². The summed E-state index contributed by atoms with van der Waals surface area (Å²) in [7, 11) is 0. The molecule has 1 atom stereocenters. The Morgan fingerprint density at radius 3 is 2.69 bits per heavy atom. The summed E-state index contributed by atoms with van der Waals surface area (Å²) < 4.78 is 11.7. The van der Waals surface area contributed by atoms with Crippen LogP contribution in [0.3, 0.4) is 0 Å². The molecule has 2 aromatic carbocycles. The van der Waals surface area contributed by atoms with E-state index in [9.17, 15) is 5.11 Å². The Morgan fingerprint density at radius 1 is 1.19 bits per heavy atom. The van der Waals surface area contributed by atoms with Gasteiger partial charge in [0.25, 0.3) is 0 Å². The molecule has 140 valence electrons. The number of ether oxygens (including phenoxy) is 2. The van der Waals surface area contributed by atoms with Gasteiger partial charge in [-0.1, -0.05) is 38.1 Å². The lowest BCUT2D eigenvalue weighted by atomic mass is 9.94. The monoisotopic (exact) mass is 355 g/mol. The van der Waals surface area contributed by atoms with Crippen molar-refractivity contribution in [1.82, 2.24) is 4.90 Å². The minimum absolute atomic E-state index is 0.201. The highest BCUT2D eigenvalue weighted by atomic mass is 16.5. The maximum atomic E-state index is 11.0. The van der Waals surface area contributed by atoms with Crippen molar-refractivity contribution in [3.05, 3.63) is 59.7 Å². The van der Waals surface area contributed by atoms with Crippen LogP contribution in [0.4, 0.5) is 0 Å². The van der Waals surface area contributed by atoms with E-state index in [1.54, 1.807) is 6.92 Å². The van der Waals surface area contributed by atoms with Gasteiger partial charge in [0, 0.05) is 25.2 Å². The highest BCUT2D eigenvalue weighted by Crippen LogP contribution is 2.30. The molecular weight excluding hydrogens is 326 g/mol.